The first-order valence-corrected chi connectivity index (χ1v) is 5.97. The monoisotopic (exact) mass is 241 g/mol. The van der Waals surface area contributed by atoms with Crippen LogP contribution in [0, 0.1) is 13.8 Å². The van der Waals surface area contributed by atoms with Crippen molar-refractivity contribution in [2.45, 2.75) is 20.4 Å². The summed E-state index contributed by atoms with van der Waals surface area (Å²) in [6.45, 7) is 4.64. The quantitative estimate of drug-likeness (QED) is 0.739. The minimum absolute atomic E-state index is 0.711. The lowest BCUT2D eigenvalue weighted by Gasteiger charge is -2.00. The number of hydrogen-bond acceptors (Lipinski definition) is 3. The van der Waals surface area contributed by atoms with Crippen LogP contribution in [0.1, 0.15) is 17.1 Å². The molecule has 0 spiro atoms. The van der Waals surface area contributed by atoms with Crippen molar-refractivity contribution in [1.29, 1.82) is 0 Å². The maximum atomic E-state index is 5.49. The van der Waals surface area contributed by atoms with Crippen LogP contribution in [0.4, 0.5) is 5.95 Å². The van der Waals surface area contributed by atoms with Gasteiger partial charge in [0.1, 0.15) is 11.5 Å². The third kappa shape index (κ3) is 1.97. The van der Waals surface area contributed by atoms with Crippen molar-refractivity contribution in [3.63, 3.8) is 0 Å². The van der Waals surface area contributed by atoms with Crippen LogP contribution >= 0.6 is 0 Å². The van der Waals surface area contributed by atoms with Crippen molar-refractivity contribution < 1.29 is 4.42 Å². The summed E-state index contributed by atoms with van der Waals surface area (Å²) in [7, 11) is 0. The first kappa shape index (κ1) is 10.9. The highest BCUT2D eigenvalue weighted by Crippen LogP contribution is 2.17. The predicted molar refractivity (Wildman–Crippen MR) is 71.6 cm³/mol. The van der Waals surface area contributed by atoms with Gasteiger partial charge in [0.2, 0.25) is 5.95 Å². The minimum Gasteiger partial charge on any atom is -0.466 e. The fraction of sp³-hybridized carbons (Fsp3) is 0.214. The first-order valence-electron chi connectivity index (χ1n) is 5.97. The number of fused-ring (bicyclic) bond motifs is 1. The summed E-state index contributed by atoms with van der Waals surface area (Å²) in [5, 5.41) is 3.28. The molecule has 0 fully saturated rings. The summed E-state index contributed by atoms with van der Waals surface area (Å²) in [5.74, 6) is 2.68. The van der Waals surface area contributed by atoms with Crippen LogP contribution in [-0.2, 0) is 6.54 Å². The second kappa shape index (κ2) is 4.22. The molecule has 18 heavy (non-hydrogen) atoms. The van der Waals surface area contributed by atoms with Gasteiger partial charge in [0.25, 0.3) is 0 Å². The lowest BCUT2D eigenvalue weighted by Crippen LogP contribution is -2.00. The van der Waals surface area contributed by atoms with Crippen molar-refractivity contribution in [3.8, 4) is 0 Å². The molecule has 0 bridgehead atoms. The number of anilines is 1. The molecule has 2 heterocycles. The maximum absolute atomic E-state index is 5.49. The third-order valence-corrected chi connectivity index (χ3v) is 2.98. The number of nitrogens with zero attached hydrogens (tertiary/aromatic N) is 1. The molecule has 0 unspecified atom stereocenters. The van der Waals surface area contributed by atoms with Crippen molar-refractivity contribution >= 4 is 17.0 Å². The largest absolute Gasteiger partial charge is 0.466 e. The number of aromatic amines is 1. The molecule has 0 saturated carbocycles. The average Bonchev–Trinajstić information content (AvgIpc) is 2.89. The van der Waals surface area contributed by atoms with Gasteiger partial charge in [-0.1, -0.05) is 12.1 Å². The second-order valence-corrected chi connectivity index (χ2v) is 4.39. The van der Waals surface area contributed by atoms with Gasteiger partial charge in [-0.25, -0.2) is 4.98 Å². The van der Waals surface area contributed by atoms with Gasteiger partial charge in [0.15, 0.2) is 0 Å². The van der Waals surface area contributed by atoms with E-state index >= 15 is 0 Å². The summed E-state index contributed by atoms with van der Waals surface area (Å²) < 4.78 is 5.49. The molecule has 0 amide bonds. The van der Waals surface area contributed by atoms with E-state index in [2.05, 4.69) is 15.3 Å². The smallest absolute Gasteiger partial charge is 0.201 e. The molecule has 4 nitrogen and oxygen atoms in total. The van der Waals surface area contributed by atoms with Gasteiger partial charge in [-0.2, -0.15) is 0 Å². The fourth-order valence-electron chi connectivity index (χ4n) is 2.07. The van der Waals surface area contributed by atoms with Crippen LogP contribution in [0.5, 0.6) is 0 Å². The van der Waals surface area contributed by atoms with E-state index in [1.54, 1.807) is 0 Å². The second-order valence-electron chi connectivity index (χ2n) is 4.39. The van der Waals surface area contributed by atoms with E-state index < -0.39 is 0 Å². The Labute approximate surface area is 105 Å². The standard InChI is InChI=1S/C14H15N3O/c1-9-7-11(10(2)18-9)8-15-14-16-12-5-3-4-6-13(12)17-14/h3-7H,8H2,1-2H3,(H2,15,16,17). The molecule has 0 radical (unpaired) electrons. The van der Waals surface area contributed by atoms with Crippen LogP contribution in [0.2, 0.25) is 0 Å². The molecule has 3 aromatic rings. The highest BCUT2D eigenvalue weighted by atomic mass is 16.3. The topological polar surface area (TPSA) is 53.9 Å². The Balaban J connectivity index is 1.78. The molecule has 0 aliphatic rings. The van der Waals surface area contributed by atoms with Gasteiger partial charge in [-0.3, -0.25) is 0 Å². The number of hydrogen-bond donors (Lipinski definition) is 2. The summed E-state index contributed by atoms with van der Waals surface area (Å²) in [6.07, 6.45) is 0. The predicted octanol–water partition coefficient (Wildman–Crippen LogP) is 3.38. The Morgan fingerprint density at radius 3 is 2.83 bits per heavy atom. The fourth-order valence-corrected chi connectivity index (χ4v) is 2.07. The van der Waals surface area contributed by atoms with E-state index in [4.69, 9.17) is 4.42 Å². The molecule has 0 aliphatic carbocycles. The summed E-state index contributed by atoms with van der Waals surface area (Å²) in [6, 6.07) is 10.0. The van der Waals surface area contributed by atoms with Gasteiger partial charge in [-0.05, 0) is 32.0 Å². The SMILES string of the molecule is Cc1cc(CNc2nc3ccccc3[nH]2)c(C)o1. The zero-order chi connectivity index (χ0) is 12.5. The molecule has 3 rings (SSSR count). The normalized spacial score (nSPS) is 11.0. The number of furan rings is 1. The number of rotatable bonds is 3. The van der Waals surface area contributed by atoms with Crippen molar-refractivity contribution in [1.82, 2.24) is 9.97 Å². The number of nitrogens with one attached hydrogen (secondary N) is 2. The van der Waals surface area contributed by atoms with E-state index in [1.165, 1.54) is 0 Å². The van der Waals surface area contributed by atoms with Crippen LogP contribution in [0.25, 0.3) is 11.0 Å². The molecule has 1 aromatic carbocycles. The number of aryl methyl sites for hydroxylation is 2. The van der Waals surface area contributed by atoms with E-state index in [9.17, 15) is 0 Å². The average molecular weight is 241 g/mol. The van der Waals surface area contributed by atoms with Gasteiger partial charge in [0, 0.05) is 12.1 Å². The highest BCUT2D eigenvalue weighted by molar-refractivity contribution is 5.77. The summed E-state index contributed by atoms with van der Waals surface area (Å²) >= 11 is 0. The van der Waals surface area contributed by atoms with Gasteiger partial charge in [-0.15, -0.1) is 0 Å². The van der Waals surface area contributed by atoms with Crippen LogP contribution in [-0.4, -0.2) is 9.97 Å². The Morgan fingerprint density at radius 2 is 2.11 bits per heavy atom. The zero-order valence-electron chi connectivity index (χ0n) is 10.4. The maximum Gasteiger partial charge on any atom is 0.201 e. The van der Waals surface area contributed by atoms with Crippen LogP contribution in [0.3, 0.4) is 0 Å². The Kier molecular flexibility index (Phi) is 2.55. The molecule has 0 aliphatic heterocycles. The van der Waals surface area contributed by atoms with E-state index in [-0.39, 0.29) is 0 Å². The molecule has 2 aromatic heterocycles. The molecule has 0 atom stereocenters. The lowest BCUT2D eigenvalue weighted by atomic mass is 10.2. The number of benzene rings is 1. The van der Waals surface area contributed by atoms with Crippen molar-refractivity contribution in [2.75, 3.05) is 5.32 Å². The van der Waals surface area contributed by atoms with Gasteiger partial charge in [0.05, 0.1) is 11.0 Å². The lowest BCUT2D eigenvalue weighted by molar-refractivity contribution is 0.501. The highest BCUT2D eigenvalue weighted by Gasteiger charge is 2.06. The van der Waals surface area contributed by atoms with Crippen LogP contribution in [0.15, 0.2) is 34.7 Å². The van der Waals surface area contributed by atoms with Gasteiger partial charge < -0.3 is 14.7 Å². The Morgan fingerprint density at radius 1 is 1.28 bits per heavy atom. The van der Waals surface area contributed by atoms with Gasteiger partial charge >= 0.3 is 0 Å². The summed E-state index contributed by atoms with van der Waals surface area (Å²) in [5.41, 5.74) is 3.17. The molecular formula is C14H15N3O. The van der Waals surface area contributed by atoms with Crippen molar-refractivity contribution in [2.24, 2.45) is 0 Å². The molecule has 4 heteroatoms. The Bertz CT molecular complexity index is 648. The summed E-state index contributed by atoms with van der Waals surface area (Å²) in [4.78, 5) is 7.71. The first-order chi connectivity index (χ1) is 8.72. The molecular weight excluding hydrogens is 226 g/mol. The number of aromatic nitrogens is 2. The third-order valence-electron chi connectivity index (χ3n) is 2.98. The molecule has 2 N–H and O–H groups in total. The van der Waals surface area contributed by atoms with Crippen LogP contribution < -0.4 is 5.32 Å². The van der Waals surface area contributed by atoms with E-state index in [1.807, 2.05) is 44.2 Å². The molecule has 92 valence electrons. The molecule has 0 saturated heterocycles. The number of imidazole rings is 1. The Hall–Kier alpha value is -2.23. The van der Waals surface area contributed by atoms with E-state index in [0.29, 0.717) is 6.54 Å². The van der Waals surface area contributed by atoms with E-state index in [0.717, 1.165) is 34.1 Å². The van der Waals surface area contributed by atoms with Crippen molar-refractivity contribution in [3.05, 3.63) is 47.4 Å². The number of H-pyrrole nitrogens is 1. The minimum atomic E-state index is 0.711. The zero-order valence-corrected chi connectivity index (χ0v) is 10.4. The number of para-hydroxylation sites is 2.